The summed E-state index contributed by atoms with van der Waals surface area (Å²) in [5, 5.41) is 0. The van der Waals surface area contributed by atoms with Gasteiger partial charge in [0.1, 0.15) is 6.10 Å². The molecule has 15 heavy (non-hydrogen) atoms. The zero-order valence-electron chi connectivity index (χ0n) is 9.49. The summed E-state index contributed by atoms with van der Waals surface area (Å²) in [6.45, 7) is 5.30. The van der Waals surface area contributed by atoms with Gasteiger partial charge in [-0.25, -0.2) is 4.79 Å². The fourth-order valence-corrected chi connectivity index (χ4v) is 1.53. The van der Waals surface area contributed by atoms with Crippen LogP contribution >= 0.6 is 0 Å². The van der Waals surface area contributed by atoms with Crippen LogP contribution in [-0.2, 0) is 19.1 Å². The number of ether oxygens (including phenoxy) is 2. The van der Waals surface area contributed by atoms with Crippen LogP contribution < -0.4 is 0 Å². The molecule has 0 N–H and O–H groups in total. The molecule has 1 rings (SSSR count). The van der Waals surface area contributed by atoms with E-state index in [0.717, 1.165) is 0 Å². The Bertz CT molecular complexity index is 315. The van der Waals surface area contributed by atoms with E-state index in [-0.39, 0.29) is 12.1 Å². The van der Waals surface area contributed by atoms with Crippen LogP contribution in [-0.4, -0.2) is 25.2 Å². The molecule has 4 heteroatoms. The summed E-state index contributed by atoms with van der Waals surface area (Å²) in [5.41, 5.74) is 0.00499. The lowest BCUT2D eigenvalue weighted by atomic mass is 9.89. The van der Waals surface area contributed by atoms with Gasteiger partial charge in [-0.3, -0.25) is 4.79 Å². The maximum Gasteiger partial charge on any atom is 0.333 e. The standard InChI is InChI=1S/C11H16O4/c1-7(9(12)14-4)5-8-6-11(2,3)10(13)15-8/h5,8H,6H2,1-4H3/b7-5+. The number of esters is 2. The van der Waals surface area contributed by atoms with Gasteiger partial charge in [0.25, 0.3) is 0 Å². The Balaban J connectivity index is 2.70. The van der Waals surface area contributed by atoms with Crippen LogP contribution in [0.1, 0.15) is 27.2 Å². The van der Waals surface area contributed by atoms with Crippen LogP contribution in [0.25, 0.3) is 0 Å². The quantitative estimate of drug-likeness (QED) is 0.513. The Morgan fingerprint density at radius 2 is 2.20 bits per heavy atom. The summed E-state index contributed by atoms with van der Waals surface area (Å²) < 4.78 is 9.67. The van der Waals surface area contributed by atoms with Crippen molar-refractivity contribution in [3.8, 4) is 0 Å². The van der Waals surface area contributed by atoms with Crippen molar-refractivity contribution in [2.24, 2.45) is 5.41 Å². The van der Waals surface area contributed by atoms with Gasteiger partial charge < -0.3 is 9.47 Å². The lowest BCUT2D eigenvalue weighted by molar-refractivity contribution is -0.146. The molecule has 0 aromatic rings. The van der Waals surface area contributed by atoms with Crippen LogP contribution in [0.15, 0.2) is 11.6 Å². The number of hydrogen-bond donors (Lipinski definition) is 0. The van der Waals surface area contributed by atoms with Gasteiger partial charge in [-0.2, -0.15) is 0 Å². The third kappa shape index (κ3) is 2.58. The maximum absolute atomic E-state index is 11.4. The maximum atomic E-state index is 11.4. The van der Waals surface area contributed by atoms with Crippen molar-refractivity contribution in [1.82, 2.24) is 0 Å². The minimum atomic E-state index is -0.461. The van der Waals surface area contributed by atoms with Crippen LogP contribution in [0.5, 0.6) is 0 Å². The van der Waals surface area contributed by atoms with Gasteiger partial charge in [0.2, 0.25) is 0 Å². The van der Waals surface area contributed by atoms with Crippen LogP contribution in [0.3, 0.4) is 0 Å². The van der Waals surface area contributed by atoms with Gasteiger partial charge in [0.05, 0.1) is 12.5 Å². The molecule has 0 radical (unpaired) electrons. The number of carbonyl (C=O) groups is 2. The smallest absolute Gasteiger partial charge is 0.333 e. The van der Waals surface area contributed by atoms with Crippen molar-refractivity contribution in [2.75, 3.05) is 7.11 Å². The predicted octanol–water partition coefficient (Wildman–Crippen LogP) is 1.45. The van der Waals surface area contributed by atoms with Crippen molar-refractivity contribution in [3.63, 3.8) is 0 Å². The molecule has 0 spiro atoms. The number of cyclic esters (lactones) is 1. The van der Waals surface area contributed by atoms with Gasteiger partial charge in [-0.15, -0.1) is 0 Å². The molecule has 0 aromatic carbocycles. The fourth-order valence-electron chi connectivity index (χ4n) is 1.53. The van der Waals surface area contributed by atoms with Gasteiger partial charge >= 0.3 is 11.9 Å². The average Bonchev–Trinajstić information content (AvgIpc) is 2.39. The Labute approximate surface area is 89.2 Å². The highest BCUT2D eigenvalue weighted by Gasteiger charge is 2.40. The SMILES string of the molecule is COC(=O)/C(C)=C/C1CC(C)(C)C(=O)O1. The lowest BCUT2D eigenvalue weighted by Gasteiger charge is -2.08. The van der Waals surface area contributed by atoms with Crippen molar-refractivity contribution in [3.05, 3.63) is 11.6 Å². The second-order valence-electron chi connectivity index (χ2n) is 4.37. The minimum Gasteiger partial charge on any atom is -0.466 e. The summed E-state index contributed by atoms with van der Waals surface area (Å²) >= 11 is 0. The zero-order valence-corrected chi connectivity index (χ0v) is 9.49. The first-order valence-corrected chi connectivity index (χ1v) is 4.84. The van der Waals surface area contributed by atoms with Crippen molar-refractivity contribution in [1.29, 1.82) is 0 Å². The predicted molar refractivity (Wildman–Crippen MR) is 54.1 cm³/mol. The molecule has 1 fully saturated rings. The van der Waals surface area contributed by atoms with E-state index in [4.69, 9.17) is 4.74 Å². The van der Waals surface area contributed by atoms with E-state index in [0.29, 0.717) is 12.0 Å². The van der Waals surface area contributed by atoms with E-state index < -0.39 is 11.4 Å². The van der Waals surface area contributed by atoms with Gasteiger partial charge in [-0.1, -0.05) is 0 Å². The number of hydrogen-bond acceptors (Lipinski definition) is 4. The van der Waals surface area contributed by atoms with Crippen LogP contribution in [0.4, 0.5) is 0 Å². The van der Waals surface area contributed by atoms with Crippen LogP contribution in [0, 0.1) is 5.41 Å². The third-order valence-electron chi connectivity index (χ3n) is 2.47. The highest BCUT2D eigenvalue weighted by atomic mass is 16.6. The first-order valence-electron chi connectivity index (χ1n) is 4.84. The molecule has 0 saturated carbocycles. The minimum absolute atomic E-state index is 0.221. The lowest BCUT2D eigenvalue weighted by Crippen LogP contribution is -2.16. The summed E-state index contributed by atoms with van der Waals surface area (Å²) in [7, 11) is 1.32. The first-order chi connectivity index (χ1) is 6.86. The van der Waals surface area contributed by atoms with Crippen molar-refractivity contribution >= 4 is 11.9 Å². The van der Waals surface area contributed by atoms with E-state index in [9.17, 15) is 9.59 Å². The molecule has 1 heterocycles. The Morgan fingerprint density at radius 1 is 1.60 bits per heavy atom. The number of rotatable bonds is 2. The number of methoxy groups -OCH3 is 1. The highest BCUT2D eigenvalue weighted by molar-refractivity contribution is 5.88. The monoisotopic (exact) mass is 212 g/mol. The van der Waals surface area contributed by atoms with Gasteiger partial charge in [0, 0.05) is 12.0 Å². The summed E-state index contributed by atoms with van der Waals surface area (Å²) in [5.74, 6) is -0.614. The van der Waals surface area contributed by atoms with E-state index in [1.165, 1.54) is 7.11 Å². The topological polar surface area (TPSA) is 52.6 Å². The zero-order chi connectivity index (χ0) is 11.6. The molecule has 4 nitrogen and oxygen atoms in total. The third-order valence-corrected chi connectivity index (χ3v) is 2.47. The molecule has 1 aliphatic heterocycles. The molecule has 0 amide bonds. The number of carbonyl (C=O) groups excluding carboxylic acids is 2. The largest absolute Gasteiger partial charge is 0.466 e. The van der Waals surface area contributed by atoms with E-state index >= 15 is 0 Å². The molecule has 84 valence electrons. The molecule has 0 aromatic heterocycles. The van der Waals surface area contributed by atoms with Crippen molar-refractivity contribution < 1.29 is 19.1 Å². The first kappa shape index (κ1) is 11.8. The Hall–Kier alpha value is -1.32. The van der Waals surface area contributed by atoms with E-state index in [2.05, 4.69) is 4.74 Å². The molecule has 1 saturated heterocycles. The average molecular weight is 212 g/mol. The molecule has 1 aliphatic rings. The van der Waals surface area contributed by atoms with E-state index in [1.54, 1.807) is 13.0 Å². The molecular formula is C11H16O4. The second-order valence-corrected chi connectivity index (χ2v) is 4.37. The summed E-state index contributed by atoms with van der Waals surface area (Å²) in [4.78, 5) is 22.5. The summed E-state index contributed by atoms with van der Waals surface area (Å²) in [6, 6.07) is 0. The molecule has 0 aliphatic carbocycles. The second kappa shape index (κ2) is 4.04. The van der Waals surface area contributed by atoms with Crippen LogP contribution in [0.2, 0.25) is 0 Å². The van der Waals surface area contributed by atoms with E-state index in [1.807, 2.05) is 13.8 Å². The van der Waals surface area contributed by atoms with Gasteiger partial charge in [-0.05, 0) is 26.8 Å². The molecule has 1 atom stereocenters. The fraction of sp³-hybridized carbons (Fsp3) is 0.636. The highest BCUT2D eigenvalue weighted by Crippen LogP contribution is 2.33. The summed E-state index contributed by atoms with van der Waals surface area (Å²) in [6.07, 6.45) is 1.92. The Morgan fingerprint density at radius 3 is 2.60 bits per heavy atom. The molecule has 0 bridgehead atoms. The van der Waals surface area contributed by atoms with Crippen molar-refractivity contribution in [2.45, 2.75) is 33.3 Å². The Kier molecular flexibility index (Phi) is 3.17. The molecular weight excluding hydrogens is 196 g/mol. The molecule has 1 unspecified atom stereocenters. The van der Waals surface area contributed by atoms with Gasteiger partial charge in [0.15, 0.2) is 0 Å². The normalized spacial score (nSPS) is 24.9.